The zero-order valence-electron chi connectivity index (χ0n) is 27.0. The molecule has 3 aromatic rings. The topological polar surface area (TPSA) is 104 Å². The van der Waals surface area contributed by atoms with E-state index in [9.17, 15) is 18.4 Å². The zero-order chi connectivity index (χ0) is 32.8. The first kappa shape index (κ1) is 32.2. The van der Waals surface area contributed by atoms with Gasteiger partial charge in [0.1, 0.15) is 24.6 Å². The summed E-state index contributed by atoms with van der Waals surface area (Å²) in [6.45, 7) is 12.3. The van der Waals surface area contributed by atoms with Crippen molar-refractivity contribution in [3.63, 3.8) is 0 Å². The number of hydrogen-bond donors (Lipinski definition) is 2. The molecular weight excluding hydrogens is 610 g/mol. The molecule has 2 saturated carbocycles. The Hall–Kier alpha value is -3.77. The number of anilines is 1. The molecule has 2 amide bonds. The Kier molecular flexibility index (Phi) is 8.70. The van der Waals surface area contributed by atoms with Crippen LogP contribution in [0.2, 0.25) is 25.7 Å². The van der Waals surface area contributed by atoms with Gasteiger partial charge in [-0.15, -0.1) is 0 Å². The Balaban J connectivity index is 1.21. The van der Waals surface area contributed by atoms with E-state index in [0.717, 1.165) is 66.4 Å². The van der Waals surface area contributed by atoms with Crippen LogP contribution in [0.5, 0.6) is 5.75 Å². The molecule has 1 spiro atoms. The van der Waals surface area contributed by atoms with Gasteiger partial charge in [0.05, 0.1) is 12.3 Å². The van der Waals surface area contributed by atoms with Crippen LogP contribution >= 0.6 is 0 Å². The molecule has 1 aliphatic heterocycles. The number of alkyl carbamates (subject to hydrolysis) is 1. The second kappa shape index (κ2) is 12.4. The van der Waals surface area contributed by atoms with Gasteiger partial charge in [-0.25, -0.2) is 18.3 Å². The van der Waals surface area contributed by atoms with Gasteiger partial charge < -0.3 is 24.8 Å². The van der Waals surface area contributed by atoms with Crippen LogP contribution in [-0.2, 0) is 21.0 Å². The lowest BCUT2D eigenvalue weighted by Crippen LogP contribution is -2.52. The number of carbonyl (C=O) groups is 2. The minimum Gasteiger partial charge on any atom is -0.493 e. The van der Waals surface area contributed by atoms with E-state index in [1.165, 1.54) is 0 Å². The first-order valence-corrected chi connectivity index (χ1v) is 19.7. The first-order chi connectivity index (χ1) is 21.8. The van der Waals surface area contributed by atoms with Gasteiger partial charge in [0, 0.05) is 54.6 Å². The van der Waals surface area contributed by atoms with Crippen LogP contribution in [0.4, 0.5) is 19.3 Å². The molecule has 2 fully saturated rings. The second-order valence-corrected chi connectivity index (χ2v) is 19.7. The number of nitrogens with zero attached hydrogens (tertiary/aromatic N) is 2. The van der Waals surface area contributed by atoms with Crippen LogP contribution in [0.3, 0.4) is 0 Å². The summed E-state index contributed by atoms with van der Waals surface area (Å²) in [6, 6.07) is 9.50. The standard InChI is InChI=1S/C34H42F2N4O5Si/c1-20-29(21(2)40(39-20)19-43-14-15-46(3,4)5)22-6-8-23(9-7-22)37-32(41)31(38-33(42)45-24-10-11-24)30-25-16-26(35)27(36)17-28(25)44-18-34(30)12-13-34/h6-9,16-17,24,30-31H,10-15,18-19H2,1-5H3,(H,37,41)(H,38,42)/t30?,31-/m0/s1. The fourth-order valence-corrected chi connectivity index (χ4v) is 6.97. The molecule has 246 valence electrons. The number of ether oxygens (including phenoxy) is 3. The monoisotopic (exact) mass is 652 g/mol. The molecule has 6 rings (SSSR count). The molecule has 2 N–H and O–H groups in total. The summed E-state index contributed by atoms with van der Waals surface area (Å²) in [5.41, 5.74) is 4.20. The number of benzene rings is 2. The van der Waals surface area contributed by atoms with E-state index < -0.39 is 49.1 Å². The molecule has 0 saturated heterocycles. The fourth-order valence-electron chi connectivity index (χ4n) is 6.21. The molecule has 2 atom stereocenters. The normalized spacial score (nSPS) is 18.8. The first-order valence-electron chi connectivity index (χ1n) is 16.0. The molecule has 3 aliphatic rings. The third kappa shape index (κ3) is 6.97. The van der Waals surface area contributed by atoms with Gasteiger partial charge in [0.15, 0.2) is 11.6 Å². The highest BCUT2D eigenvalue weighted by molar-refractivity contribution is 6.76. The molecule has 2 heterocycles. The molecule has 9 nitrogen and oxygen atoms in total. The lowest BCUT2D eigenvalue weighted by atomic mass is 9.76. The average molecular weight is 653 g/mol. The lowest BCUT2D eigenvalue weighted by Gasteiger charge is -2.38. The van der Waals surface area contributed by atoms with Gasteiger partial charge in [-0.1, -0.05) is 31.8 Å². The summed E-state index contributed by atoms with van der Waals surface area (Å²) in [4.78, 5) is 26.8. The van der Waals surface area contributed by atoms with Crippen molar-refractivity contribution >= 4 is 25.8 Å². The van der Waals surface area contributed by atoms with Crippen LogP contribution in [0.15, 0.2) is 36.4 Å². The Morgan fingerprint density at radius 3 is 2.46 bits per heavy atom. The van der Waals surface area contributed by atoms with Gasteiger partial charge in [-0.3, -0.25) is 4.79 Å². The molecule has 0 bridgehead atoms. The Morgan fingerprint density at radius 1 is 1.11 bits per heavy atom. The molecule has 2 aliphatic carbocycles. The predicted octanol–water partition coefficient (Wildman–Crippen LogP) is 6.91. The smallest absolute Gasteiger partial charge is 0.408 e. The van der Waals surface area contributed by atoms with E-state index in [1.807, 2.05) is 30.7 Å². The molecule has 46 heavy (non-hydrogen) atoms. The van der Waals surface area contributed by atoms with Gasteiger partial charge >= 0.3 is 6.09 Å². The van der Waals surface area contributed by atoms with E-state index >= 15 is 0 Å². The Morgan fingerprint density at radius 2 is 1.80 bits per heavy atom. The third-order valence-corrected chi connectivity index (χ3v) is 10.9. The van der Waals surface area contributed by atoms with E-state index in [-0.39, 0.29) is 18.5 Å². The van der Waals surface area contributed by atoms with Crippen molar-refractivity contribution in [3.8, 4) is 16.9 Å². The number of hydrogen-bond acceptors (Lipinski definition) is 6. The summed E-state index contributed by atoms with van der Waals surface area (Å²) in [5.74, 6) is -3.01. The van der Waals surface area contributed by atoms with Gasteiger partial charge in [-0.2, -0.15) is 5.10 Å². The zero-order valence-corrected chi connectivity index (χ0v) is 28.0. The fraction of sp³-hybridized carbons (Fsp3) is 0.500. The summed E-state index contributed by atoms with van der Waals surface area (Å²) in [6.07, 6.45) is 2.11. The number of fused-ring (bicyclic) bond motifs is 1. The molecule has 1 unspecified atom stereocenters. The van der Waals surface area contributed by atoms with Crippen LogP contribution in [0, 0.1) is 30.9 Å². The van der Waals surface area contributed by atoms with Crippen molar-refractivity contribution in [1.82, 2.24) is 15.1 Å². The molecule has 12 heteroatoms. The van der Waals surface area contributed by atoms with Crippen LogP contribution in [0.25, 0.3) is 11.1 Å². The second-order valence-electron chi connectivity index (χ2n) is 14.1. The van der Waals surface area contributed by atoms with E-state index in [1.54, 1.807) is 12.1 Å². The number of aromatic nitrogens is 2. The van der Waals surface area contributed by atoms with E-state index in [4.69, 9.17) is 14.2 Å². The average Bonchev–Trinajstić information content (AvgIpc) is 3.93. The van der Waals surface area contributed by atoms with E-state index in [2.05, 4.69) is 35.4 Å². The summed E-state index contributed by atoms with van der Waals surface area (Å²) in [5, 5.41) is 10.4. The quantitative estimate of drug-likeness (QED) is 0.172. The maximum Gasteiger partial charge on any atom is 0.408 e. The molecule has 1 aromatic heterocycles. The Bertz CT molecular complexity index is 1630. The van der Waals surface area contributed by atoms with E-state index in [0.29, 0.717) is 24.6 Å². The highest BCUT2D eigenvalue weighted by atomic mass is 28.3. The largest absolute Gasteiger partial charge is 0.493 e. The minimum atomic E-state index is -1.18. The van der Waals surface area contributed by atoms with Gasteiger partial charge in [-0.05, 0) is 69.3 Å². The molecular formula is C34H42F2N4O5Si. The maximum atomic E-state index is 14.5. The lowest BCUT2D eigenvalue weighted by molar-refractivity contribution is -0.119. The van der Waals surface area contributed by atoms with Crippen LogP contribution in [-0.4, -0.2) is 55.2 Å². The number of rotatable bonds is 11. The number of amides is 2. The van der Waals surface area contributed by atoms with Crippen LogP contribution in [0.1, 0.15) is 48.6 Å². The highest BCUT2D eigenvalue weighted by Crippen LogP contribution is 2.61. The van der Waals surface area contributed by atoms with Crippen molar-refractivity contribution < 1.29 is 32.6 Å². The third-order valence-electron chi connectivity index (χ3n) is 9.17. The SMILES string of the molecule is Cc1nn(COCC[Si](C)(C)C)c(C)c1-c1ccc(NC(=O)[C@@H](NC(=O)OC2CC2)C2c3cc(F)c(F)cc3OCC23CC3)cc1. The highest BCUT2D eigenvalue weighted by Gasteiger charge is 2.58. The molecule has 2 aromatic carbocycles. The van der Waals surface area contributed by atoms with Crippen molar-refractivity contribution in [2.24, 2.45) is 5.41 Å². The summed E-state index contributed by atoms with van der Waals surface area (Å²) < 4.78 is 47.7. The summed E-state index contributed by atoms with van der Waals surface area (Å²) >= 11 is 0. The van der Waals surface area contributed by atoms with Gasteiger partial charge in [0.2, 0.25) is 5.91 Å². The van der Waals surface area contributed by atoms with Crippen molar-refractivity contribution in [1.29, 1.82) is 0 Å². The van der Waals surface area contributed by atoms with Gasteiger partial charge in [0.25, 0.3) is 0 Å². The Labute approximate surface area is 269 Å². The van der Waals surface area contributed by atoms with Crippen LogP contribution < -0.4 is 15.4 Å². The van der Waals surface area contributed by atoms with Crippen molar-refractivity contribution in [2.75, 3.05) is 18.5 Å². The number of nitrogens with one attached hydrogen (secondary N) is 2. The minimum absolute atomic E-state index is 0.173. The number of aryl methyl sites for hydroxylation is 1. The van der Waals surface area contributed by atoms with Crippen molar-refractivity contribution in [2.45, 2.75) is 90.0 Å². The number of halogens is 2. The van der Waals surface area contributed by atoms with Crippen molar-refractivity contribution in [3.05, 3.63) is 65.0 Å². The predicted molar refractivity (Wildman–Crippen MR) is 173 cm³/mol. The number of carbonyl (C=O) groups excluding carboxylic acids is 2. The molecule has 0 radical (unpaired) electrons. The maximum absolute atomic E-state index is 14.5. The summed E-state index contributed by atoms with van der Waals surface area (Å²) in [7, 11) is -1.18.